The summed E-state index contributed by atoms with van der Waals surface area (Å²) in [6.07, 6.45) is 1.78. The molecule has 0 atom stereocenters. The first-order valence-corrected chi connectivity index (χ1v) is 10.4. The Morgan fingerprint density at radius 2 is 1.76 bits per heavy atom. The average Bonchev–Trinajstić information content (AvgIpc) is 3.49. The van der Waals surface area contributed by atoms with Crippen LogP contribution in [0.5, 0.6) is 0 Å². The summed E-state index contributed by atoms with van der Waals surface area (Å²) in [5.74, 6) is -0.646. The number of benzene rings is 1. The molecular weight excluding hydrogens is 517 g/mol. The summed E-state index contributed by atoms with van der Waals surface area (Å²) in [4.78, 5) is 22.4. The minimum absolute atomic E-state index is 0.150. The molecule has 0 saturated carbocycles. The van der Waals surface area contributed by atoms with Crippen LogP contribution in [0.25, 0.3) is 22.4 Å². The van der Waals surface area contributed by atoms with Crippen LogP contribution in [-0.2, 0) is 6.18 Å². The van der Waals surface area contributed by atoms with E-state index in [0.717, 1.165) is 6.20 Å². The Balaban J connectivity index is 1.53. The van der Waals surface area contributed by atoms with E-state index in [1.807, 2.05) is 0 Å². The zero-order valence-electron chi connectivity index (χ0n) is 16.9. The summed E-state index contributed by atoms with van der Waals surface area (Å²) in [7, 11) is 0. The molecule has 0 aliphatic heterocycles. The average molecular weight is 529 g/mol. The fourth-order valence-corrected chi connectivity index (χ4v) is 3.92. The Morgan fingerprint density at radius 1 is 0.971 bits per heavy atom. The molecule has 1 N–H and O–H groups in total. The summed E-state index contributed by atoms with van der Waals surface area (Å²) in [6.45, 7) is 0. The van der Waals surface area contributed by atoms with Gasteiger partial charge in [-0.2, -0.15) is 28.5 Å². The molecule has 0 bridgehead atoms. The molecule has 5 aromatic rings. The van der Waals surface area contributed by atoms with Gasteiger partial charge in [-0.1, -0.05) is 6.07 Å². The lowest BCUT2D eigenvalue weighted by Gasteiger charge is -2.14. The van der Waals surface area contributed by atoms with E-state index in [4.69, 9.17) is 0 Å². The summed E-state index contributed by atoms with van der Waals surface area (Å²) >= 11 is 3.30. The van der Waals surface area contributed by atoms with Gasteiger partial charge in [-0.3, -0.25) is 9.78 Å². The highest BCUT2D eigenvalue weighted by Crippen LogP contribution is 2.35. The van der Waals surface area contributed by atoms with Crippen molar-refractivity contribution in [1.82, 2.24) is 34.7 Å². The van der Waals surface area contributed by atoms with Crippen molar-refractivity contribution in [3.8, 4) is 11.5 Å². The van der Waals surface area contributed by atoms with Crippen molar-refractivity contribution < 1.29 is 18.0 Å². The topological polar surface area (TPSA) is 103 Å². The van der Waals surface area contributed by atoms with Crippen molar-refractivity contribution >= 4 is 38.4 Å². The van der Waals surface area contributed by atoms with Gasteiger partial charge < -0.3 is 5.32 Å². The Bertz CT molecular complexity index is 1510. The Hall–Kier alpha value is -4.13. The number of nitrogens with one attached hydrogen (secondary N) is 1. The molecule has 0 unspecified atom stereocenters. The van der Waals surface area contributed by atoms with Crippen molar-refractivity contribution in [3.05, 3.63) is 83.1 Å². The SMILES string of the molecule is O=C(Nc1cnc(-n2nccn2)c(Br)c1)c1cnn(-c2cccc3ncccc23)c1C(F)(F)F. The van der Waals surface area contributed by atoms with Crippen molar-refractivity contribution in [2.24, 2.45) is 0 Å². The predicted octanol–water partition coefficient (Wildman–Crippen LogP) is 4.43. The predicted molar refractivity (Wildman–Crippen MR) is 119 cm³/mol. The van der Waals surface area contributed by atoms with E-state index in [0.29, 0.717) is 25.9 Å². The van der Waals surface area contributed by atoms with Crippen LogP contribution in [0.1, 0.15) is 16.1 Å². The molecule has 0 aliphatic rings. The highest BCUT2D eigenvalue weighted by atomic mass is 79.9. The molecule has 0 radical (unpaired) electrons. The maximum atomic E-state index is 14.1. The fourth-order valence-electron chi connectivity index (χ4n) is 3.41. The van der Waals surface area contributed by atoms with E-state index >= 15 is 0 Å². The maximum Gasteiger partial charge on any atom is 0.434 e. The Labute approximate surface area is 197 Å². The van der Waals surface area contributed by atoms with Crippen molar-refractivity contribution in [2.75, 3.05) is 5.32 Å². The van der Waals surface area contributed by atoms with Crippen LogP contribution in [0, 0.1) is 0 Å². The lowest BCUT2D eigenvalue weighted by molar-refractivity contribution is -0.143. The van der Waals surface area contributed by atoms with Crippen molar-refractivity contribution in [1.29, 1.82) is 0 Å². The second-order valence-electron chi connectivity index (χ2n) is 6.97. The van der Waals surface area contributed by atoms with Crippen LogP contribution in [-0.4, -0.2) is 40.6 Å². The molecule has 0 spiro atoms. The maximum absolute atomic E-state index is 14.1. The first-order valence-electron chi connectivity index (χ1n) is 9.66. The van der Waals surface area contributed by atoms with E-state index in [2.05, 4.69) is 46.5 Å². The number of aromatic nitrogens is 7. The number of alkyl halides is 3. The van der Waals surface area contributed by atoms with Gasteiger partial charge in [0.2, 0.25) is 0 Å². The van der Waals surface area contributed by atoms with Gasteiger partial charge in [0.1, 0.15) is 0 Å². The van der Waals surface area contributed by atoms with Gasteiger partial charge in [-0.05, 0) is 46.3 Å². The molecule has 4 aromatic heterocycles. The first kappa shape index (κ1) is 21.7. The minimum atomic E-state index is -4.86. The van der Waals surface area contributed by atoms with Crippen LogP contribution < -0.4 is 5.32 Å². The lowest BCUT2D eigenvalue weighted by Crippen LogP contribution is -2.21. The minimum Gasteiger partial charge on any atom is -0.320 e. The van der Waals surface area contributed by atoms with Gasteiger partial charge in [-0.25, -0.2) is 9.67 Å². The molecule has 1 aromatic carbocycles. The number of nitrogens with zero attached hydrogens (tertiary/aromatic N) is 7. The third kappa shape index (κ3) is 3.90. The summed E-state index contributed by atoms with van der Waals surface area (Å²) < 4.78 is 43.5. The van der Waals surface area contributed by atoms with Gasteiger partial charge >= 0.3 is 6.18 Å². The van der Waals surface area contributed by atoms with Gasteiger partial charge in [0.25, 0.3) is 5.91 Å². The second-order valence-corrected chi connectivity index (χ2v) is 7.82. The second kappa shape index (κ2) is 8.33. The number of rotatable bonds is 4. The summed E-state index contributed by atoms with van der Waals surface area (Å²) in [6, 6.07) is 9.47. The third-order valence-corrected chi connectivity index (χ3v) is 5.40. The molecule has 0 fully saturated rings. The Kier molecular flexibility index (Phi) is 5.32. The smallest absolute Gasteiger partial charge is 0.320 e. The largest absolute Gasteiger partial charge is 0.434 e. The molecule has 13 heteroatoms. The van der Waals surface area contributed by atoms with E-state index in [1.54, 1.807) is 30.5 Å². The molecule has 5 rings (SSSR count). The zero-order valence-corrected chi connectivity index (χ0v) is 18.5. The van der Waals surface area contributed by atoms with E-state index in [1.165, 1.54) is 35.5 Å². The van der Waals surface area contributed by atoms with Crippen molar-refractivity contribution in [3.63, 3.8) is 0 Å². The molecule has 34 heavy (non-hydrogen) atoms. The normalized spacial score (nSPS) is 11.6. The van der Waals surface area contributed by atoms with Crippen LogP contribution in [0.2, 0.25) is 0 Å². The number of fused-ring (bicyclic) bond motifs is 1. The number of anilines is 1. The molecule has 1 amide bonds. The van der Waals surface area contributed by atoms with Gasteiger partial charge in [0.15, 0.2) is 11.5 Å². The van der Waals surface area contributed by atoms with E-state index in [-0.39, 0.29) is 11.4 Å². The van der Waals surface area contributed by atoms with E-state index in [9.17, 15) is 18.0 Å². The Morgan fingerprint density at radius 3 is 2.50 bits per heavy atom. The summed E-state index contributed by atoms with van der Waals surface area (Å²) in [5.41, 5.74) is -1.02. The summed E-state index contributed by atoms with van der Waals surface area (Å²) in [5, 5.41) is 14.7. The molecule has 0 aliphatic carbocycles. The number of hydrogen-bond acceptors (Lipinski definition) is 6. The van der Waals surface area contributed by atoms with Gasteiger partial charge in [-0.15, -0.1) is 4.80 Å². The van der Waals surface area contributed by atoms with Crippen LogP contribution in [0.3, 0.4) is 0 Å². The molecular formula is C21H12BrF3N8O. The number of halogens is 4. The lowest BCUT2D eigenvalue weighted by atomic mass is 10.1. The van der Waals surface area contributed by atoms with Crippen LogP contribution >= 0.6 is 15.9 Å². The molecule has 9 nitrogen and oxygen atoms in total. The highest BCUT2D eigenvalue weighted by Gasteiger charge is 2.41. The highest BCUT2D eigenvalue weighted by molar-refractivity contribution is 9.10. The van der Waals surface area contributed by atoms with Crippen molar-refractivity contribution in [2.45, 2.75) is 6.18 Å². The number of pyridine rings is 2. The molecule has 4 heterocycles. The molecule has 170 valence electrons. The first-order chi connectivity index (χ1) is 16.3. The van der Waals surface area contributed by atoms with E-state index < -0.39 is 23.3 Å². The third-order valence-electron chi connectivity index (χ3n) is 4.82. The standard InChI is InChI=1S/C21H12BrF3N8O/c22-15-9-12(10-27-19(15)33-28-7-8-29-33)31-20(34)14-11-30-32(18(14)21(23,24)25)17-5-1-4-16-13(17)3-2-6-26-16/h1-11H,(H,31,34). The zero-order chi connectivity index (χ0) is 23.9. The number of carbonyl (C=O) groups excluding carboxylic acids is 1. The monoisotopic (exact) mass is 528 g/mol. The van der Waals surface area contributed by atoms with Crippen LogP contribution in [0.4, 0.5) is 18.9 Å². The van der Waals surface area contributed by atoms with Crippen LogP contribution in [0.15, 0.2) is 71.9 Å². The number of hydrogen-bond donors (Lipinski definition) is 1. The van der Waals surface area contributed by atoms with Gasteiger partial charge in [0, 0.05) is 11.6 Å². The number of carbonyl (C=O) groups is 1. The van der Waals surface area contributed by atoms with Gasteiger partial charge in [0.05, 0.1) is 51.7 Å². The quantitative estimate of drug-likeness (QED) is 0.370. The molecule has 0 saturated heterocycles. The number of amides is 1. The fraction of sp³-hybridized carbons (Fsp3) is 0.0476.